The van der Waals surface area contributed by atoms with Gasteiger partial charge in [-0.15, -0.1) is 5.10 Å². The van der Waals surface area contributed by atoms with Gasteiger partial charge in [0, 0.05) is 18.1 Å². The molecule has 0 saturated heterocycles. The van der Waals surface area contributed by atoms with E-state index >= 15 is 0 Å². The Morgan fingerprint density at radius 1 is 1.35 bits per heavy atom. The maximum Gasteiger partial charge on any atom is 0.0774 e. The van der Waals surface area contributed by atoms with Crippen molar-refractivity contribution in [3.05, 3.63) is 36.3 Å². The van der Waals surface area contributed by atoms with Gasteiger partial charge in [-0.1, -0.05) is 11.3 Å². The highest BCUT2D eigenvalue weighted by Crippen LogP contribution is 2.21. The molecule has 0 fully saturated rings. The van der Waals surface area contributed by atoms with Crippen molar-refractivity contribution >= 4 is 16.6 Å². The first-order valence-electron chi connectivity index (χ1n) is 5.34. The summed E-state index contributed by atoms with van der Waals surface area (Å²) in [6, 6.07) is 6.02. The Kier molecular flexibility index (Phi) is 2.25. The number of benzene rings is 1. The lowest BCUT2D eigenvalue weighted by molar-refractivity contribution is 0.683. The van der Waals surface area contributed by atoms with E-state index in [0.29, 0.717) is 6.54 Å². The summed E-state index contributed by atoms with van der Waals surface area (Å²) in [5.74, 6) is 0. The molecule has 0 saturated carbocycles. The van der Waals surface area contributed by atoms with Crippen LogP contribution in [0.2, 0.25) is 0 Å². The SMILES string of the molecule is Cn1nncc1CNc1cccc2[nH]ncc12. The molecule has 0 amide bonds. The third-order valence-corrected chi connectivity index (χ3v) is 2.75. The summed E-state index contributed by atoms with van der Waals surface area (Å²) in [7, 11) is 1.88. The molecule has 0 aliphatic carbocycles. The molecule has 86 valence electrons. The van der Waals surface area contributed by atoms with Gasteiger partial charge < -0.3 is 5.32 Å². The molecule has 0 bridgehead atoms. The van der Waals surface area contributed by atoms with Crippen LogP contribution in [0.3, 0.4) is 0 Å². The van der Waals surface area contributed by atoms with E-state index in [2.05, 4.69) is 25.8 Å². The number of aromatic nitrogens is 5. The number of nitrogens with zero attached hydrogens (tertiary/aromatic N) is 4. The largest absolute Gasteiger partial charge is 0.379 e. The molecule has 6 heteroatoms. The van der Waals surface area contributed by atoms with Crippen molar-refractivity contribution in [3.8, 4) is 0 Å². The molecule has 2 aromatic heterocycles. The van der Waals surface area contributed by atoms with Gasteiger partial charge >= 0.3 is 0 Å². The lowest BCUT2D eigenvalue weighted by Crippen LogP contribution is -2.05. The van der Waals surface area contributed by atoms with Crippen LogP contribution in [-0.4, -0.2) is 25.2 Å². The second kappa shape index (κ2) is 3.89. The number of aryl methyl sites for hydroxylation is 1. The van der Waals surface area contributed by atoms with Crippen LogP contribution in [0.4, 0.5) is 5.69 Å². The van der Waals surface area contributed by atoms with E-state index < -0.39 is 0 Å². The lowest BCUT2D eigenvalue weighted by atomic mass is 10.2. The molecule has 17 heavy (non-hydrogen) atoms. The molecular weight excluding hydrogens is 216 g/mol. The van der Waals surface area contributed by atoms with Gasteiger partial charge in [-0.2, -0.15) is 5.10 Å². The van der Waals surface area contributed by atoms with Gasteiger partial charge in [-0.05, 0) is 12.1 Å². The van der Waals surface area contributed by atoms with Crippen molar-refractivity contribution in [1.29, 1.82) is 0 Å². The Balaban J connectivity index is 1.86. The Morgan fingerprint density at radius 3 is 3.12 bits per heavy atom. The second-order valence-corrected chi connectivity index (χ2v) is 3.84. The van der Waals surface area contributed by atoms with Crippen molar-refractivity contribution in [3.63, 3.8) is 0 Å². The van der Waals surface area contributed by atoms with E-state index in [1.165, 1.54) is 0 Å². The summed E-state index contributed by atoms with van der Waals surface area (Å²) in [4.78, 5) is 0. The number of nitrogens with one attached hydrogen (secondary N) is 2. The first-order chi connectivity index (χ1) is 8.34. The fourth-order valence-electron chi connectivity index (χ4n) is 1.78. The van der Waals surface area contributed by atoms with E-state index in [1.807, 2.05) is 31.4 Å². The summed E-state index contributed by atoms with van der Waals surface area (Å²) in [5.41, 5.74) is 3.11. The third-order valence-electron chi connectivity index (χ3n) is 2.75. The molecule has 6 nitrogen and oxygen atoms in total. The standard InChI is InChI=1S/C11H12N6/c1-17-8(6-14-16-17)5-12-10-3-2-4-11-9(10)7-13-15-11/h2-4,6-7,12H,5H2,1H3,(H,13,15). The number of rotatable bonds is 3. The van der Waals surface area contributed by atoms with Gasteiger partial charge in [-0.25, -0.2) is 0 Å². The van der Waals surface area contributed by atoms with Gasteiger partial charge in [0.05, 0.1) is 30.1 Å². The topological polar surface area (TPSA) is 71.4 Å². The van der Waals surface area contributed by atoms with Crippen LogP contribution in [-0.2, 0) is 13.6 Å². The minimum absolute atomic E-state index is 0.688. The highest BCUT2D eigenvalue weighted by Gasteiger charge is 2.03. The molecular formula is C11H12N6. The van der Waals surface area contributed by atoms with Gasteiger partial charge in [0.2, 0.25) is 0 Å². The minimum Gasteiger partial charge on any atom is -0.379 e. The zero-order valence-corrected chi connectivity index (χ0v) is 9.38. The number of anilines is 1. The number of fused-ring (bicyclic) bond motifs is 1. The minimum atomic E-state index is 0.688. The van der Waals surface area contributed by atoms with Crippen LogP contribution >= 0.6 is 0 Å². The molecule has 3 aromatic rings. The maximum absolute atomic E-state index is 4.03. The summed E-state index contributed by atoms with van der Waals surface area (Å²) in [6.45, 7) is 0.688. The first kappa shape index (κ1) is 9.83. The number of hydrogen-bond donors (Lipinski definition) is 2. The van der Waals surface area contributed by atoms with Crippen LogP contribution < -0.4 is 5.32 Å². The van der Waals surface area contributed by atoms with Gasteiger partial charge in [-0.3, -0.25) is 9.78 Å². The monoisotopic (exact) mass is 228 g/mol. The molecule has 2 N–H and O–H groups in total. The Labute approximate surface area is 97.6 Å². The maximum atomic E-state index is 4.03. The smallest absolute Gasteiger partial charge is 0.0774 e. The van der Waals surface area contributed by atoms with E-state index in [-0.39, 0.29) is 0 Å². The highest BCUT2D eigenvalue weighted by atomic mass is 15.4. The van der Waals surface area contributed by atoms with Crippen molar-refractivity contribution in [2.75, 3.05) is 5.32 Å². The molecule has 2 heterocycles. The Morgan fingerprint density at radius 2 is 2.29 bits per heavy atom. The van der Waals surface area contributed by atoms with Crippen molar-refractivity contribution in [1.82, 2.24) is 25.2 Å². The molecule has 0 spiro atoms. The predicted octanol–water partition coefficient (Wildman–Crippen LogP) is 1.30. The normalized spacial score (nSPS) is 10.9. The zero-order valence-electron chi connectivity index (χ0n) is 9.38. The first-order valence-corrected chi connectivity index (χ1v) is 5.34. The van der Waals surface area contributed by atoms with Crippen LogP contribution in [0.15, 0.2) is 30.6 Å². The second-order valence-electron chi connectivity index (χ2n) is 3.84. The van der Waals surface area contributed by atoms with Gasteiger partial charge in [0.15, 0.2) is 0 Å². The molecule has 0 aliphatic rings. The number of hydrogen-bond acceptors (Lipinski definition) is 4. The Bertz CT molecular complexity index is 638. The molecule has 3 rings (SSSR count). The lowest BCUT2D eigenvalue weighted by Gasteiger charge is -2.06. The average molecular weight is 228 g/mol. The van der Waals surface area contributed by atoms with Crippen molar-refractivity contribution in [2.45, 2.75) is 6.54 Å². The number of aromatic amines is 1. The van der Waals surface area contributed by atoms with E-state index in [9.17, 15) is 0 Å². The van der Waals surface area contributed by atoms with Gasteiger partial charge in [0.25, 0.3) is 0 Å². The number of H-pyrrole nitrogens is 1. The average Bonchev–Trinajstić information content (AvgIpc) is 2.95. The van der Waals surface area contributed by atoms with Crippen molar-refractivity contribution < 1.29 is 0 Å². The van der Waals surface area contributed by atoms with Crippen LogP contribution in [0.25, 0.3) is 10.9 Å². The third kappa shape index (κ3) is 1.73. The molecule has 0 aliphatic heterocycles. The van der Waals surface area contributed by atoms with Crippen LogP contribution in [0, 0.1) is 0 Å². The Hall–Kier alpha value is -2.37. The van der Waals surface area contributed by atoms with E-state index in [4.69, 9.17) is 0 Å². The highest BCUT2D eigenvalue weighted by molar-refractivity contribution is 5.90. The molecule has 1 aromatic carbocycles. The van der Waals surface area contributed by atoms with Crippen LogP contribution in [0.1, 0.15) is 5.69 Å². The van der Waals surface area contributed by atoms with Crippen LogP contribution in [0.5, 0.6) is 0 Å². The predicted molar refractivity (Wildman–Crippen MR) is 64.4 cm³/mol. The fraction of sp³-hybridized carbons (Fsp3) is 0.182. The fourth-order valence-corrected chi connectivity index (χ4v) is 1.78. The molecule has 0 unspecified atom stereocenters. The van der Waals surface area contributed by atoms with Crippen molar-refractivity contribution in [2.24, 2.45) is 7.05 Å². The van der Waals surface area contributed by atoms with Gasteiger partial charge in [0.1, 0.15) is 0 Å². The van der Waals surface area contributed by atoms with E-state index in [0.717, 1.165) is 22.3 Å². The quantitative estimate of drug-likeness (QED) is 0.709. The zero-order chi connectivity index (χ0) is 11.7. The summed E-state index contributed by atoms with van der Waals surface area (Å²) >= 11 is 0. The summed E-state index contributed by atoms with van der Waals surface area (Å²) in [5, 5.41) is 19.1. The molecule has 0 atom stereocenters. The molecule has 0 radical (unpaired) electrons. The summed E-state index contributed by atoms with van der Waals surface area (Å²) < 4.78 is 1.75. The van der Waals surface area contributed by atoms with E-state index in [1.54, 1.807) is 10.9 Å². The summed E-state index contributed by atoms with van der Waals surface area (Å²) in [6.07, 6.45) is 3.57.